The number of aromatic nitrogens is 1. The lowest BCUT2D eigenvalue weighted by Crippen LogP contribution is -3.13. The first-order valence-electron chi connectivity index (χ1n) is 9.09. The predicted octanol–water partition coefficient (Wildman–Crippen LogP) is -0.323. The van der Waals surface area contributed by atoms with Crippen molar-refractivity contribution in [3.8, 4) is 0 Å². The van der Waals surface area contributed by atoms with Crippen molar-refractivity contribution in [3.05, 3.63) is 60.4 Å². The molecule has 1 aromatic heterocycles. The van der Waals surface area contributed by atoms with E-state index in [-0.39, 0.29) is 23.8 Å². The molecule has 1 amide bonds. The van der Waals surface area contributed by atoms with Crippen molar-refractivity contribution in [3.63, 3.8) is 0 Å². The third-order valence-electron chi connectivity index (χ3n) is 4.71. The van der Waals surface area contributed by atoms with Crippen LogP contribution in [-0.4, -0.2) is 56.9 Å². The number of amides is 1. The van der Waals surface area contributed by atoms with Gasteiger partial charge < -0.3 is 9.80 Å². The Balaban J connectivity index is 1.41. The highest BCUT2D eigenvalue weighted by atomic mass is 32.2. The SMILES string of the molecule is O=C(CCNS(=O)(=O)c1ccccc1)N1CC[NH+](Cc2ccncc2)CC1. The fourth-order valence-corrected chi connectivity index (χ4v) is 4.22. The number of nitrogens with one attached hydrogen (secondary N) is 2. The highest BCUT2D eigenvalue weighted by Gasteiger charge is 2.24. The molecule has 0 radical (unpaired) electrons. The van der Waals surface area contributed by atoms with Gasteiger partial charge in [0.15, 0.2) is 0 Å². The van der Waals surface area contributed by atoms with Crippen LogP contribution in [0, 0.1) is 0 Å². The molecule has 0 unspecified atom stereocenters. The van der Waals surface area contributed by atoms with Gasteiger partial charge in [0, 0.05) is 30.9 Å². The standard InChI is InChI=1S/C19H24N4O3S/c24-19(8-11-21-27(25,26)18-4-2-1-3-5-18)23-14-12-22(13-15-23)16-17-6-9-20-10-7-17/h1-7,9-10,21H,8,11-16H2/p+1. The maximum Gasteiger partial charge on any atom is 0.240 e. The van der Waals surface area contributed by atoms with Crippen molar-refractivity contribution in [1.29, 1.82) is 0 Å². The molecular weight excluding hydrogens is 364 g/mol. The van der Waals surface area contributed by atoms with E-state index in [1.54, 1.807) is 30.6 Å². The number of carbonyl (C=O) groups excluding carboxylic acids is 1. The molecule has 2 N–H and O–H groups in total. The minimum Gasteiger partial charge on any atom is -0.331 e. The summed E-state index contributed by atoms with van der Waals surface area (Å²) in [4.78, 5) is 19.9. The average Bonchev–Trinajstić information content (AvgIpc) is 2.70. The van der Waals surface area contributed by atoms with Gasteiger partial charge in [0.2, 0.25) is 15.9 Å². The van der Waals surface area contributed by atoms with E-state index >= 15 is 0 Å². The topological polar surface area (TPSA) is 83.8 Å². The third-order valence-corrected chi connectivity index (χ3v) is 6.19. The molecule has 1 fully saturated rings. The van der Waals surface area contributed by atoms with Crippen molar-refractivity contribution in [2.75, 3.05) is 32.7 Å². The second kappa shape index (κ2) is 9.07. The van der Waals surface area contributed by atoms with Crippen LogP contribution in [0.15, 0.2) is 59.8 Å². The van der Waals surface area contributed by atoms with E-state index < -0.39 is 10.0 Å². The number of sulfonamides is 1. The Kier molecular flexibility index (Phi) is 6.54. The van der Waals surface area contributed by atoms with Gasteiger partial charge >= 0.3 is 0 Å². The molecule has 1 aromatic carbocycles. The average molecular weight is 390 g/mol. The summed E-state index contributed by atoms with van der Waals surface area (Å²) in [5.41, 5.74) is 1.25. The summed E-state index contributed by atoms with van der Waals surface area (Å²) in [5.74, 6) is -0.00581. The maximum atomic E-state index is 12.4. The Hall–Kier alpha value is -2.29. The summed E-state index contributed by atoms with van der Waals surface area (Å²) < 4.78 is 26.8. The number of benzene rings is 1. The molecule has 1 aliphatic rings. The molecule has 0 aliphatic carbocycles. The minimum absolute atomic E-state index is 0.00581. The van der Waals surface area contributed by atoms with Crippen LogP contribution < -0.4 is 9.62 Å². The number of carbonyl (C=O) groups is 1. The number of hydrogen-bond donors (Lipinski definition) is 2. The third kappa shape index (κ3) is 5.59. The minimum atomic E-state index is -3.56. The van der Waals surface area contributed by atoms with Gasteiger partial charge in [-0.25, -0.2) is 13.1 Å². The molecule has 0 atom stereocenters. The van der Waals surface area contributed by atoms with Crippen LogP contribution in [0.5, 0.6) is 0 Å². The molecule has 7 nitrogen and oxygen atoms in total. The van der Waals surface area contributed by atoms with Gasteiger partial charge in [-0.3, -0.25) is 9.78 Å². The number of rotatable bonds is 7. The monoisotopic (exact) mass is 389 g/mol. The number of hydrogen-bond acceptors (Lipinski definition) is 4. The number of pyridine rings is 1. The molecule has 1 aliphatic heterocycles. The van der Waals surface area contributed by atoms with E-state index in [1.807, 2.05) is 17.0 Å². The lowest BCUT2D eigenvalue weighted by atomic mass is 10.2. The Labute approximate surface area is 160 Å². The zero-order chi connectivity index (χ0) is 19.1. The van der Waals surface area contributed by atoms with Crippen molar-refractivity contribution in [2.45, 2.75) is 17.9 Å². The molecule has 144 valence electrons. The summed E-state index contributed by atoms with van der Waals surface area (Å²) >= 11 is 0. The second-order valence-corrected chi connectivity index (χ2v) is 8.39. The largest absolute Gasteiger partial charge is 0.331 e. The van der Waals surface area contributed by atoms with Crippen LogP contribution in [-0.2, 0) is 21.4 Å². The van der Waals surface area contributed by atoms with Crippen molar-refractivity contribution in [1.82, 2.24) is 14.6 Å². The molecule has 8 heteroatoms. The highest BCUT2D eigenvalue weighted by Crippen LogP contribution is 2.07. The number of quaternary nitrogens is 1. The summed E-state index contributed by atoms with van der Waals surface area (Å²) in [5, 5.41) is 0. The first-order valence-corrected chi connectivity index (χ1v) is 10.6. The van der Waals surface area contributed by atoms with E-state index in [2.05, 4.69) is 9.71 Å². The van der Waals surface area contributed by atoms with Crippen LogP contribution in [0.3, 0.4) is 0 Å². The quantitative estimate of drug-likeness (QED) is 0.680. The van der Waals surface area contributed by atoms with Gasteiger partial charge in [-0.1, -0.05) is 18.2 Å². The normalized spacial score (nSPS) is 15.6. The van der Waals surface area contributed by atoms with Gasteiger partial charge in [0.25, 0.3) is 0 Å². The number of piperazine rings is 1. The van der Waals surface area contributed by atoms with Gasteiger partial charge in [-0.2, -0.15) is 0 Å². The molecule has 2 heterocycles. The maximum absolute atomic E-state index is 12.4. The second-order valence-electron chi connectivity index (χ2n) is 6.62. The Morgan fingerprint density at radius 2 is 1.74 bits per heavy atom. The molecule has 1 saturated heterocycles. The summed E-state index contributed by atoms with van der Waals surface area (Å²) in [6.45, 7) is 4.23. The highest BCUT2D eigenvalue weighted by molar-refractivity contribution is 7.89. The molecule has 0 spiro atoms. The Morgan fingerprint density at radius 1 is 1.07 bits per heavy atom. The molecule has 0 bridgehead atoms. The van der Waals surface area contributed by atoms with Gasteiger partial charge in [0.1, 0.15) is 6.54 Å². The molecule has 2 aromatic rings. The molecule has 27 heavy (non-hydrogen) atoms. The molecular formula is C19H25N4O3S+. The summed E-state index contributed by atoms with van der Waals surface area (Å²) in [6, 6.07) is 12.2. The molecule has 0 saturated carbocycles. The lowest BCUT2D eigenvalue weighted by Gasteiger charge is -2.32. The van der Waals surface area contributed by atoms with Gasteiger partial charge in [-0.15, -0.1) is 0 Å². The van der Waals surface area contributed by atoms with E-state index in [1.165, 1.54) is 22.6 Å². The van der Waals surface area contributed by atoms with Crippen LogP contribution in [0.4, 0.5) is 0 Å². The van der Waals surface area contributed by atoms with E-state index in [0.29, 0.717) is 13.1 Å². The molecule has 3 rings (SSSR count). The fraction of sp³-hybridized carbons (Fsp3) is 0.368. The van der Waals surface area contributed by atoms with Crippen molar-refractivity contribution >= 4 is 15.9 Å². The lowest BCUT2D eigenvalue weighted by molar-refractivity contribution is -0.917. The zero-order valence-corrected chi connectivity index (χ0v) is 16.0. The van der Waals surface area contributed by atoms with Crippen molar-refractivity contribution < 1.29 is 18.1 Å². The van der Waals surface area contributed by atoms with Crippen molar-refractivity contribution in [2.24, 2.45) is 0 Å². The zero-order valence-electron chi connectivity index (χ0n) is 15.2. The van der Waals surface area contributed by atoms with Gasteiger partial charge in [0.05, 0.1) is 31.1 Å². The smallest absolute Gasteiger partial charge is 0.240 e. The predicted molar refractivity (Wildman–Crippen MR) is 101 cm³/mol. The summed E-state index contributed by atoms with van der Waals surface area (Å²) in [6.07, 6.45) is 3.77. The first kappa shape index (κ1) is 19.5. The van der Waals surface area contributed by atoms with E-state index in [9.17, 15) is 13.2 Å². The van der Waals surface area contributed by atoms with E-state index in [4.69, 9.17) is 0 Å². The van der Waals surface area contributed by atoms with E-state index in [0.717, 1.165) is 19.6 Å². The summed E-state index contributed by atoms with van der Waals surface area (Å²) in [7, 11) is -3.56. The Morgan fingerprint density at radius 3 is 2.41 bits per heavy atom. The first-order chi connectivity index (χ1) is 13.0. The van der Waals surface area contributed by atoms with Crippen LogP contribution in [0.2, 0.25) is 0 Å². The van der Waals surface area contributed by atoms with Gasteiger partial charge in [-0.05, 0) is 24.3 Å². The van der Waals surface area contributed by atoms with Crippen LogP contribution in [0.1, 0.15) is 12.0 Å². The van der Waals surface area contributed by atoms with Crippen LogP contribution >= 0.6 is 0 Å². The fourth-order valence-electron chi connectivity index (χ4n) is 3.17. The van der Waals surface area contributed by atoms with Crippen LogP contribution in [0.25, 0.3) is 0 Å². The Bertz CT molecular complexity index is 836. The number of nitrogens with zero attached hydrogens (tertiary/aromatic N) is 2.